The molecule has 0 aliphatic carbocycles. The van der Waals surface area contributed by atoms with E-state index in [1.165, 1.54) is 28.5 Å². The summed E-state index contributed by atoms with van der Waals surface area (Å²) >= 11 is 8.35. The maximum Gasteiger partial charge on any atom is 0.151 e. The van der Waals surface area contributed by atoms with Crippen LogP contribution >= 0.6 is 22.9 Å². The smallest absolute Gasteiger partial charge is 0.151 e. The number of likely N-dealkylation sites (tertiary alicyclic amines) is 1. The van der Waals surface area contributed by atoms with Gasteiger partial charge in [-0.25, -0.2) is 4.98 Å². The predicted octanol–water partition coefficient (Wildman–Crippen LogP) is 4.85. The van der Waals surface area contributed by atoms with E-state index >= 15 is 0 Å². The van der Waals surface area contributed by atoms with Crippen molar-refractivity contribution in [2.45, 2.75) is 19.4 Å². The van der Waals surface area contributed by atoms with Crippen LogP contribution < -0.4 is 10.8 Å². The fraction of sp³-hybridized carbons (Fsp3) is 0.259. The summed E-state index contributed by atoms with van der Waals surface area (Å²) in [7, 11) is 2.04. The number of thiophene rings is 1. The third-order valence-corrected chi connectivity index (χ3v) is 8.27. The second-order valence-corrected chi connectivity index (χ2v) is 10.8. The van der Waals surface area contributed by atoms with Crippen LogP contribution in [0.5, 0.6) is 0 Å². The lowest BCUT2D eigenvalue weighted by Crippen LogP contribution is -2.37. The molecular weight excluding hydrogens is 473 g/mol. The Hall–Kier alpha value is -2.87. The number of nitrogens with zero attached hydrogens (tertiary/aromatic N) is 4. The molecule has 3 aromatic heterocycles. The Morgan fingerprint density at radius 1 is 1.14 bits per heavy atom. The Balaban J connectivity index is 1.20. The fourth-order valence-corrected chi connectivity index (χ4v) is 6.30. The van der Waals surface area contributed by atoms with Crippen molar-refractivity contribution in [3.05, 3.63) is 76.8 Å². The molecule has 1 aliphatic heterocycles. The molecule has 0 radical (unpaired) electrons. The number of hydrogen-bond acceptors (Lipinski definition) is 5. The molecule has 1 aliphatic rings. The maximum atomic E-state index is 6.50. The highest BCUT2D eigenvalue weighted by atomic mass is 35.5. The number of halogens is 1. The van der Waals surface area contributed by atoms with Gasteiger partial charge in [-0.3, -0.25) is 4.90 Å². The maximum absolute atomic E-state index is 6.50. The molecule has 0 bridgehead atoms. The van der Waals surface area contributed by atoms with Crippen molar-refractivity contribution in [1.82, 2.24) is 19.5 Å². The van der Waals surface area contributed by atoms with E-state index in [0.29, 0.717) is 10.9 Å². The molecule has 35 heavy (non-hydrogen) atoms. The second-order valence-electron chi connectivity index (χ2n) is 9.45. The first-order chi connectivity index (χ1) is 17.2. The average Bonchev–Trinajstić information content (AvgIpc) is 3.47. The van der Waals surface area contributed by atoms with E-state index in [2.05, 4.69) is 51.0 Å². The molecule has 5 aromatic rings. The number of anilines is 1. The third-order valence-electron chi connectivity index (χ3n) is 6.93. The van der Waals surface area contributed by atoms with Crippen LogP contribution in [0.3, 0.4) is 0 Å². The van der Waals surface area contributed by atoms with Gasteiger partial charge in [0.05, 0.1) is 5.69 Å². The number of piperidine rings is 1. The van der Waals surface area contributed by atoms with Gasteiger partial charge in [0, 0.05) is 47.2 Å². The topological polar surface area (TPSA) is 45.5 Å². The highest BCUT2D eigenvalue weighted by molar-refractivity contribution is 7.17. The lowest BCUT2D eigenvalue weighted by atomic mass is 9.97. The molecule has 1 fully saturated rings. The van der Waals surface area contributed by atoms with Gasteiger partial charge in [0.1, 0.15) is 13.7 Å². The summed E-state index contributed by atoms with van der Waals surface area (Å²) in [5.74, 6) is 1.54. The molecule has 0 amide bonds. The van der Waals surface area contributed by atoms with Crippen molar-refractivity contribution in [2.24, 2.45) is 5.92 Å². The van der Waals surface area contributed by atoms with Gasteiger partial charge >= 0.3 is 0 Å². The van der Waals surface area contributed by atoms with Crippen molar-refractivity contribution in [3.8, 4) is 11.3 Å². The number of fused-ring (bicyclic) bond motifs is 2. The molecule has 5 nitrogen and oxygen atoms in total. The highest BCUT2D eigenvalue weighted by Gasteiger charge is 2.21. The largest absolute Gasteiger partial charge is 0.370 e. The zero-order valence-electron chi connectivity index (χ0n) is 19.7. The van der Waals surface area contributed by atoms with Gasteiger partial charge in [0.25, 0.3) is 0 Å². The highest BCUT2D eigenvalue weighted by Crippen LogP contribution is 2.30. The lowest BCUT2D eigenvalue weighted by Gasteiger charge is -2.33. The normalized spacial score (nSPS) is 16.8. The van der Waals surface area contributed by atoms with Gasteiger partial charge in [-0.05, 0) is 59.2 Å². The van der Waals surface area contributed by atoms with E-state index in [1.54, 1.807) is 0 Å². The minimum Gasteiger partial charge on any atom is -0.370 e. The molecule has 1 atom stereocenters. The minimum absolute atomic E-state index is 0.581. The molecule has 0 saturated carbocycles. The van der Waals surface area contributed by atoms with Crippen molar-refractivity contribution in [1.29, 1.82) is 0 Å². The number of nitrogens with one attached hydrogen (secondary N) is 1. The molecular formula is C27H27BClN5S. The first-order valence-electron chi connectivity index (χ1n) is 12.2. The van der Waals surface area contributed by atoms with Crippen molar-refractivity contribution >= 4 is 57.8 Å². The zero-order valence-corrected chi connectivity index (χ0v) is 21.3. The van der Waals surface area contributed by atoms with E-state index < -0.39 is 0 Å². The lowest BCUT2D eigenvalue weighted by molar-refractivity contribution is 0.174. The van der Waals surface area contributed by atoms with Crippen LogP contribution in [-0.2, 0) is 6.54 Å². The Morgan fingerprint density at radius 2 is 2.00 bits per heavy atom. The van der Waals surface area contributed by atoms with E-state index in [-0.39, 0.29) is 0 Å². The molecule has 176 valence electrons. The fourth-order valence-electron chi connectivity index (χ4n) is 5.11. The molecule has 1 saturated heterocycles. The molecule has 0 spiro atoms. The minimum atomic E-state index is 0.581. The summed E-state index contributed by atoms with van der Waals surface area (Å²) in [6, 6.07) is 18.7. The third kappa shape index (κ3) is 4.56. The Kier molecular flexibility index (Phi) is 6.23. The van der Waals surface area contributed by atoms with Gasteiger partial charge in [-0.1, -0.05) is 48.0 Å². The summed E-state index contributed by atoms with van der Waals surface area (Å²) in [6.45, 7) is 4.19. The van der Waals surface area contributed by atoms with E-state index in [0.717, 1.165) is 54.4 Å². The van der Waals surface area contributed by atoms with Crippen LogP contribution in [0, 0.1) is 5.92 Å². The number of benzene rings is 2. The molecule has 6 rings (SSSR count). The summed E-state index contributed by atoms with van der Waals surface area (Å²) < 4.78 is 3.29. The number of hydrogen-bond donors (Lipinski definition) is 1. The van der Waals surface area contributed by atoms with Gasteiger partial charge in [-0.15, -0.1) is 11.3 Å². The first kappa shape index (κ1) is 22.6. The zero-order chi connectivity index (χ0) is 23.8. The molecule has 4 heterocycles. The van der Waals surface area contributed by atoms with Gasteiger partial charge in [0.15, 0.2) is 5.65 Å². The quantitative estimate of drug-likeness (QED) is 0.339. The standard InChI is InChI=1S/C27H27BClN5S/c28-22-14-31-34-26(12-24(32-27(22)34)21-8-1-3-9-23(21)29)30-13-18-6-5-11-33(15-18)16-19-17-35-25-10-4-2-7-20(19)25/h1-4,7-10,12,14,17-18,30H,5-6,11,13,15-16,28H2. The Labute approximate surface area is 215 Å². The van der Waals surface area contributed by atoms with E-state index in [4.69, 9.17) is 16.6 Å². The van der Waals surface area contributed by atoms with Crippen LogP contribution in [0.2, 0.25) is 5.02 Å². The Morgan fingerprint density at radius 3 is 2.91 bits per heavy atom. The first-order valence-corrected chi connectivity index (χ1v) is 13.4. The summed E-state index contributed by atoms with van der Waals surface area (Å²) in [4.78, 5) is 7.48. The van der Waals surface area contributed by atoms with Crippen LogP contribution in [0.25, 0.3) is 27.0 Å². The monoisotopic (exact) mass is 499 g/mol. The van der Waals surface area contributed by atoms with Crippen molar-refractivity contribution < 1.29 is 0 Å². The SMILES string of the molecule is Bc1cnn2c(NCC3CCCN(Cc4csc5ccccc45)C3)cc(-c3ccccc3Cl)nc12. The summed E-state index contributed by atoms with van der Waals surface area (Å²) in [6.07, 6.45) is 4.33. The summed E-state index contributed by atoms with van der Waals surface area (Å²) in [5, 5.41) is 12.7. The summed E-state index contributed by atoms with van der Waals surface area (Å²) in [5.41, 5.74) is 5.16. The van der Waals surface area contributed by atoms with Gasteiger partial charge < -0.3 is 5.32 Å². The second kappa shape index (κ2) is 9.65. The van der Waals surface area contributed by atoms with Crippen LogP contribution in [0.4, 0.5) is 5.82 Å². The number of aromatic nitrogens is 3. The molecule has 1 N–H and O–H groups in total. The van der Waals surface area contributed by atoms with Crippen molar-refractivity contribution in [3.63, 3.8) is 0 Å². The van der Waals surface area contributed by atoms with E-state index in [1.807, 2.05) is 54.2 Å². The van der Waals surface area contributed by atoms with Gasteiger partial charge in [0.2, 0.25) is 0 Å². The predicted molar refractivity (Wildman–Crippen MR) is 150 cm³/mol. The van der Waals surface area contributed by atoms with Crippen molar-refractivity contribution in [2.75, 3.05) is 25.0 Å². The Bertz CT molecular complexity index is 1500. The van der Waals surface area contributed by atoms with Gasteiger partial charge in [-0.2, -0.15) is 9.61 Å². The molecule has 8 heteroatoms. The van der Waals surface area contributed by atoms with Crippen LogP contribution in [0.1, 0.15) is 18.4 Å². The molecule has 1 unspecified atom stereocenters. The van der Waals surface area contributed by atoms with Crippen LogP contribution in [-0.4, -0.2) is 47.0 Å². The molecule has 2 aromatic carbocycles. The van der Waals surface area contributed by atoms with E-state index in [9.17, 15) is 0 Å². The average molecular weight is 500 g/mol. The number of rotatable bonds is 6. The van der Waals surface area contributed by atoms with Crippen LogP contribution in [0.15, 0.2) is 66.2 Å².